The molecule has 1 fully saturated rings. The predicted molar refractivity (Wildman–Crippen MR) is 138 cm³/mol. The number of halogens is 1. The van der Waals surface area contributed by atoms with Crippen LogP contribution in [-0.4, -0.2) is 50.4 Å². The molecule has 0 atom stereocenters. The Labute approximate surface area is 203 Å². The Morgan fingerprint density at radius 3 is 2.82 bits per heavy atom. The van der Waals surface area contributed by atoms with Crippen LogP contribution in [0.2, 0.25) is 5.02 Å². The summed E-state index contributed by atoms with van der Waals surface area (Å²) >= 11 is 6.47. The first-order valence-corrected chi connectivity index (χ1v) is 13.3. The standard InChI is InChI=1S/C24H25ClN6O2S/c1-2-33-22-13-16(31-9-11-34(26,32)12-10-31)7-8-21(22)29-24-28-15-19(25)23(30-24)18-14-27-20-6-4-3-5-17(18)20/h3-8,13-15,26-27H,2,9-12H2,1H3,(H,28,29,30). The first-order chi connectivity index (χ1) is 16.4. The van der Waals surface area contributed by atoms with E-state index in [-0.39, 0.29) is 0 Å². The Hall–Kier alpha value is -3.30. The summed E-state index contributed by atoms with van der Waals surface area (Å²) < 4.78 is 25.7. The van der Waals surface area contributed by atoms with Gasteiger partial charge in [0.05, 0.1) is 29.2 Å². The minimum atomic E-state index is -2.45. The van der Waals surface area contributed by atoms with Gasteiger partial charge in [0.2, 0.25) is 5.95 Å². The summed E-state index contributed by atoms with van der Waals surface area (Å²) in [6.45, 7) is 3.62. The molecule has 0 amide bonds. The van der Waals surface area contributed by atoms with Gasteiger partial charge in [0.15, 0.2) is 0 Å². The van der Waals surface area contributed by atoms with Crippen LogP contribution in [0.5, 0.6) is 5.75 Å². The van der Waals surface area contributed by atoms with E-state index in [1.54, 1.807) is 6.20 Å². The van der Waals surface area contributed by atoms with Crippen molar-refractivity contribution in [2.45, 2.75) is 6.92 Å². The number of H-pyrrole nitrogens is 1. The number of aromatic nitrogens is 3. The number of hydrogen-bond acceptors (Lipinski definition) is 7. The SMILES string of the molecule is CCOc1cc(N2CCS(=N)(=O)CC2)ccc1Nc1ncc(Cl)c(-c2c[nH]c3ccccc23)n1. The summed E-state index contributed by atoms with van der Waals surface area (Å²) in [5.74, 6) is 1.84. The molecule has 0 radical (unpaired) electrons. The normalized spacial score (nSPS) is 15.4. The summed E-state index contributed by atoms with van der Waals surface area (Å²) in [7, 11) is -2.45. The van der Waals surface area contributed by atoms with Crippen molar-refractivity contribution in [2.24, 2.45) is 0 Å². The topological polar surface area (TPSA) is 107 Å². The Balaban J connectivity index is 1.44. The molecule has 2 aromatic heterocycles. The van der Waals surface area contributed by atoms with E-state index >= 15 is 0 Å². The van der Waals surface area contributed by atoms with E-state index < -0.39 is 9.73 Å². The molecular formula is C24H25ClN6O2S. The highest BCUT2D eigenvalue weighted by Crippen LogP contribution is 2.35. The van der Waals surface area contributed by atoms with Gasteiger partial charge < -0.3 is 19.9 Å². The van der Waals surface area contributed by atoms with Crippen molar-refractivity contribution in [2.75, 3.05) is 41.4 Å². The van der Waals surface area contributed by atoms with Crippen LogP contribution < -0.4 is 15.0 Å². The van der Waals surface area contributed by atoms with E-state index in [9.17, 15) is 4.21 Å². The second kappa shape index (κ2) is 9.15. The van der Waals surface area contributed by atoms with Gasteiger partial charge in [-0.2, -0.15) is 0 Å². The zero-order valence-electron chi connectivity index (χ0n) is 18.7. The number of aromatic amines is 1. The summed E-state index contributed by atoms with van der Waals surface area (Å²) in [5, 5.41) is 4.77. The monoisotopic (exact) mass is 496 g/mol. The van der Waals surface area contributed by atoms with E-state index in [0.29, 0.717) is 53.6 Å². The minimum absolute atomic E-state index is 0.381. The third-order valence-electron chi connectivity index (χ3n) is 5.85. The Bertz CT molecular complexity index is 1440. The molecule has 3 N–H and O–H groups in total. The highest BCUT2D eigenvalue weighted by molar-refractivity contribution is 7.92. The van der Waals surface area contributed by atoms with Crippen LogP contribution in [0.25, 0.3) is 22.2 Å². The Morgan fingerprint density at radius 2 is 2.03 bits per heavy atom. The van der Waals surface area contributed by atoms with Crippen molar-refractivity contribution in [3.05, 3.63) is 59.9 Å². The van der Waals surface area contributed by atoms with Crippen molar-refractivity contribution in [3.63, 3.8) is 0 Å². The molecule has 5 rings (SSSR count). The first kappa shape index (κ1) is 22.5. The maximum Gasteiger partial charge on any atom is 0.227 e. The van der Waals surface area contributed by atoms with Crippen molar-refractivity contribution < 1.29 is 8.95 Å². The molecule has 10 heteroatoms. The largest absolute Gasteiger partial charge is 0.492 e. The number of rotatable bonds is 6. The van der Waals surface area contributed by atoms with Gasteiger partial charge in [-0.25, -0.2) is 14.2 Å². The number of nitrogens with one attached hydrogen (secondary N) is 3. The molecule has 0 aliphatic carbocycles. The molecule has 3 heterocycles. The predicted octanol–water partition coefficient (Wildman–Crippen LogP) is 5.29. The third-order valence-corrected chi connectivity index (χ3v) is 7.81. The number of hydrogen-bond donors (Lipinski definition) is 3. The number of anilines is 3. The quantitative estimate of drug-likeness (QED) is 0.335. The zero-order chi connectivity index (χ0) is 23.7. The van der Waals surface area contributed by atoms with E-state index in [4.69, 9.17) is 26.1 Å². The summed E-state index contributed by atoms with van der Waals surface area (Å²) in [6.07, 6.45) is 3.49. The molecule has 0 saturated carbocycles. The average Bonchev–Trinajstić information content (AvgIpc) is 3.26. The lowest BCUT2D eigenvalue weighted by atomic mass is 10.1. The van der Waals surface area contributed by atoms with Crippen LogP contribution in [0.15, 0.2) is 54.9 Å². The lowest BCUT2D eigenvalue weighted by molar-refractivity contribution is 0.342. The van der Waals surface area contributed by atoms with Gasteiger partial charge >= 0.3 is 0 Å². The highest BCUT2D eigenvalue weighted by Gasteiger charge is 2.20. The maximum absolute atomic E-state index is 12.0. The van der Waals surface area contributed by atoms with Crippen LogP contribution in [0.3, 0.4) is 0 Å². The van der Waals surface area contributed by atoms with Crippen molar-refractivity contribution in [3.8, 4) is 17.0 Å². The van der Waals surface area contributed by atoms with Crippen molar-refractivity contribution in [1.82, 2.24) is 15.0 Å². The fraction of sp³-hybridized carbons (Fsp3) is 0.250. The minimum Gasteiger partial charge on any atom is -0.492 e. The van der Waals surface area contributed by atoms with Crippen LogP contribution in [0.4, 0.5) is 17.3 Å². The lowest BCUT2D eigenvalue weighted by Gasteiger charge is -2.30. The summed E-state index contributed by atoms with van der Waals surface area (Å²) in [5.41, 5.74) is 4.26. The smallest absolute Gasteiger partial charge is 0.227 e. The van der Waals surface area contributed by atoms with Gasteiger partial charge in [-0.15, -0.1) is 0 Å². The molecule has 176 valence electrons. The molecule has 1 aliphatic heterocycles. The average molecular weight is 497 g/mol. The van der Waals surface area contributed by atoms with Crippen molar-refractivity contribution >= 4 is 49.6 Å². The summed E-state index contributed by atoms with van der Waals surface area (Å²) in [4.78, 5) is 14.5. The van der Waals surface area contributed by atoms with E-state index in [2.05, 4.69) is 20.2 Å². The molecule has 34 heavy (non-hydrogen) atoms. The van der Waals surface area contributed by atoms with Crippen LogP contribution in [0, 0.1) is 4.78 Å². The van der Waals surface area contributed by atoms with Gasteiger partial charge in [-0.1, -0.05) is 29.8 Å². The molecule has 0 unspecified atom stereocenters. The Kier molecular flexibility index (Phi) is 6.05. The molecule has 0 spiro atoms. The highest BCUT2D eigenvalue weighted by atomic mass is 35.5. The van der Waals surface area contributed by atoms with Gasteiger partial charge in [0.25, 0.3) is 0 Å². The number of nitrogens with zero attached hydrogens (tertiary/aromatic N) is 3. The lowest BCUT2D eigenvalue weighted by Crippen LogP contribution is -2.39. The molecule has 1 aliphatic rings. The van der Waals surface area contributed by atoms with E-state index in [1.807, 2.05) is 55.6 Å². The maximum atomic E-state index is 12.0. The van der Waals surface area contributed by atoms with Gasteiger partial charge in [0.1, 0.15) is 5.75 Å². The number of para-hydroxylation sites is 1. The Morgan fingerprint density at radius 1 is 1.24 bits per heavy atom. The van der Waals surface area contributed by atoms with Crippen LogP contribution in [-0.2, 0) is 9.73 Å². The van der Waals surface area contributed by atoms with Crippen LogP contribution >= 0.6 is 11.6 Å². The van der Waals surface area contributed by atoms with E-state index in [0.717, 1.165) is 27.8 Å². The van der Waals surface area contributed by atoms with Gasteiger partial charge in [-0.3, -0.25) is 4.78 Å². The fourth-order valence-corrected chi connectivity index (χ4v) is 5.50. The van der Waals surface area contributed by atoms with Gasteiger partial charge in [0, 0.05) is 68.7 Å². The summed E-state index contributed by atoms with van der Waals surface area (Å²) in [6, 6.07) is 13.9. The molecule has 0 bridgehead atoms. The number of fused-ring (bicyclic) bond motifs is 1. The first-order valence-electron chi connectivity index (χ1n) is 11.1. The van der Waals surface area contributed by atoms with Crippen LogP contribution in [0.1, 0.15) is 6.92 Å². The second-order valence-electron chi connectivity index (χ2n) is 8.08. The zero-order valence-corrected chi connectivity index (χ0v) is 20.2. The number of ether oxygens (including phenoxy) is 1. The molecule has 4 aromatic rings. The molecule has 2 aromatic carbocycles. The van der Waals surface area contributed by atoms with Crippen molar-refractivity contribution in [1.29, 1.82) is 4.78 Å². The fourth-order valence-electron chi connectivity index (χ4n) is 4.08. The van der Waals surface area contributed by atoms with Gasteiger partial charge in [-0.05, 0) is 25.1 Å². The molecule has 1 saturated heterocycles. The second-order valence-corrected chi connectivity index (χ2v) is 10.9. The van der Waals surface area contributed by atoms with E-state index in [1.165, 1.54) is 0 Å². The molecular weight excluding hydrogens is 472 g/mol. The molecule has 8 nitrogen and oxygen atoms in total. The third kappa shape index (κ3) is 4.53. The number of benzene rings is 2.